The molecule has 1 aliphatic heterocycles. The van der Waals surface area contributed by atoms with Crippen molar-refractivity contribution in [3.63, 3.8) is 0 Å². The maximum absolute atomic E-state index is 12.1. The second kappa shape index (κ2) is 10.8. The van der Waals surface area contributed by atoms with Crippen LogP contribution in [-0.4, -0.2) is 62.1 Å². The van der Waals surface area contributed by atoms with Crippen LogP contribution in [0.3, 0.4) is 0 Å². The van der Waals surface area contributed by atoms with Crippen LogP contribution in [0.15, 0.2) is 54.6 Å². The predicted octanol–water partition coefficient (Wildman–Crippen LogP) is 2.95. The third kappa shape index (κ3) is 6.73. The third-order valence-electron chi connectivity index (χ3n) is 5.24. The van der Waals surface area contributed by atoms with Gasteiger partial charge < -0.3 is 10.1 Å². The van der Waals surface area contributed by atoms with Gasteiger partial charge in [-0.2, -0.15) is 0 Å². The second-order valence-corrected chi connectivity index (χ2v) is 7.47. The molecule has 0 spiro atoms. The normalized spacial score (nSPS) is 15.5. The standard InChI is InChI=1S/C24H31N3O2/c1-20-8-10-23(29-2)22(18-20)9-11-24(28)25-12-13-26-14-16-27(17-15-26)19-21-6-4-3-5-7-21/h3-11,18H,12-17,19H2,1-2H3,(H,25,28)/b11-9+. The van der Waals surface area contributed by atoms with Gasteiger partial charge in [0.05, 0.1) is 7.11 Å². The molecule has 2 aromatic rings. The van der Waals surface area contributed by atoms with Crippen molar-refractivity contribution in [3.8, 4) is 5.75 Å². The Morgan fingerprint density at radius 3 is 2.52 bits per heavy atom. The van der Waals surface area contributed by atoms with Crippen LogP contribution in [0.5, 0.6) is 5.75 Å². The van der Waals surface area contributed by atoms with Crippen molar-refractivity contribution in [2.45, 2.75) is 13.5 Å². The number of piperazine rings is 1. The second-order valence-electron chi connectivity index (χ2n) is 7.47. The molecule has 1 amide bonds. The topological polar surface area (TPSA) is 44.8 Å². The highest BCUT2D eigenvalue weighted by Crippen LogP contribution is 2.20. The molecular weight excluding hydrogens is 362 g/mol. The van der Waals surface area contributed by atoms with Gasteiger partial charge in [0.25, 0.3) is 0 Å². The molecule has 0 aromatic heterocycles. The summed E-state index contributed by atoms with van der Waals surface area (Å²) in [6.45, 7) is 8.79. The maximum Gasteiger partial charge on any atom is 0.244 e. The fraction of sp³-hybridized carbons (Fsp3) is 0.375. The molecule has 3 rings (SSSR count). The van der Waals surface area contributed by atoms with Gasteiger partial charge in [0, 0.05) is 57.5 Å². The molecule has 5 nitrogen and oxygen atoms in total. The number of nitrogens with zero attached hydrogens (tertiary/aromatic N) is 2. The molecule has 1 aliphatic rings. The predicted molar refractivity (Wildman–Crippen MR) is 118 cm³/mol. The summed E-state index contributed by atoms with van der Waals surface area (Å²) in [4.78, 5) is 17.0. The van der Waals surface area contributed by atoms with E-state index in [1.54, 1.807) is 13.2 Å². The fourth-order valence-electron chi connectivity index (χ4n) is 3.56. The molecular formula is C24H31N3O2. The number of ether oxygens (including phenoxy) is 1. The van der Waals surface area contributed by atoms with E-state index >= 15 is 0 Å². The van der Waals surface area contributed by atoms with E-state index in [0.29, 0.717) is 6.54 Å². The number of rotatable bonds is 8. The maximum atomic E-state index is 12.1. The van der Waals surface area contributed by atoms with E-state index in [9.17, 15) is 4.79 Å². The highest BCUT2D eigenvalue weighted by molar-refractivity contribution is 5.92. The average molecular weight is 394 g/mol. The van der Waals surface area contributed by atoms with Crippen molar-refractivity contribution in [2.24, 2.45) is 0 Å². The minimum absolute atomic E-state index is 0.0729. The SMILES string of the molecule is COc1ccc(C)cc1/C=C/C(=O)NCCN1CCN(Cc2ccccc2)CC1. The summed E-state index contributed by atoms with van der Waals surface area (Å²) in [5.74, 6) is 0.698. The van der Waals surface area contributed by atoms with Gasteiger partial charge in [-0.1, -0.05) is 42.0 Å². The van der Waals surface area contributed by atoms with E-state index in [-0.39, 0.29) is 5.91 Å². The van der Waals surface area contributed by atoms with E-state index in [4.69, 9.17) is 4.74 Å². The fourth-order valence-corrected chi connectivity index (χ4v) is 3.56. The number of hydrogen-bond donors (Lipinski definition) is 1. The lowest BCUT2D eigenvalue weighted by molar-refractivity contribution is -0.116. The van der Waals surface area contributed by atoms with Crippen molar-refractivity contribution in [1.29, 1.82) is 0 Å². The Hall–Kier alpha value is -2.63. The van der Waals surface area contributed by atoms with Gasteiger partial charge in [-0.3, -0.25) is 14.6 Å². The molecule has 2 aromatic carbocycles. The average Bonchev–Trinajstić information content (AvgIpc) is 2.74. The van der Waals surface area contributed by atoms with Gasteiger partial charge in [0.2, 0.25) is 5.91 Å². The molecule has 0 bridgehead atoms. The summed E-state index contributed by atoms with van der Waals surface area (Å²) in [5, 5.41) is 2.98. The third-order valence-corrected chi connectivity index (χ3v) is 5.24. The molecule has 0 aliphatic carbocycles. The van der Waals surface area contributed by atoms with Crippen molar-refractivity contribution >= 4 is 12.0 Å². The number of methoxy groups -OCH3 is 1. The zero-order valence-corrected chi connectivity index (χ0v) is 17.4. The number of carbonyl (C=O) groups is 1. The number of benzene rings is 2. The monoisotopic (exact) mass is 393 g/mol. The lowest BCUT2D eigenvalue weighted by Gasteiger charge is -2.34. The molecule has 154 valence electrons. The first-order valence-electron chi connectivity index (χ1n) is 10.2. The van der Waals surface area contributed by atoms with Crippen LogP contribution < -0.4 is 10.1 Å². The number of carbonyl (C=O) groups excluding carboxylic acids is 1. The summed E-state index contributed by atoms with van der Waals surface area (Å²) < 4.78 is 5.35. The van der Waals surface area contributed by atoms with Crippen molar-refractivity contribution in [2.75, 3.05) is 46.4 Å². The number of hydrogen-bond acceptors (Lipinski definition) is 4. The van der Waals surface area contributed by atoms with Crippen LogP contribution in [0, 0.1) is 6.92 Å². The van der Waals surface area contributed by atoms with Crippen molar-refractivity contribution < 1.29 is 9.53 Å². The lowest BCUT2D eigenvalue weighted by Crippen LogP contribution is -2.47. The highest BCUT2D eigenvalue weighted by Gasteiger charge is 2.16. The molecule has 1 heterocycles. The minimum Gasteiger partial charge on any atom is -0.496 e. The van der Waals surface area contributed by atoms with Crippen LogP contribution >= 0.6 is 0 Å². The molecule has 0 radical (unpaired) electrons. The molecule has 5 heteroatoms. The van der Waals surface area contributed by atoms with E-state index in [0.717, 1.165) is 56.1 Å². The summed E-state index contributed by atoms with van der Waals surface area (Å²) in [5.41, 5.74) is 3.42. The van der Waals surface area contributed by atoms with Crippen LogP contribution in [0.4, 0.5) is 0 Å². The quantitative estimate of drug-likeness (QED) is 0.701. The highest BCUT2D eigenvalue weighted by atomic mass is 16.5. The van der Waals surface area contributed by atoms with Gasteiger partial charge in [-0.25, -0.2) is 0 Å². The molecule has 29 heavy (non-hydrogen) atoms. The molecule has 1 N–H and O–H groups in total. The van der Waals surface area contributed by atoms with E-state index in [2.05, 4.69) is 45.4 Å². The van der Waals surface area contributed by atoms with Gasteiger partial charge >= 0.3 is 0 Å². The Balaban J connectivity index is 1.36. The Morgan fingerprint density at radius 2 is 1.79 bits per heavy atom. The first-order chi connectivity index (χ1) is 14.1. The van der Waals surface area contributed by atoms with Crippen LogP contribution in [0.25, 0.3) is 6.08 Å². The zero-order valence-electron chi connectivity index (χ0n) is 17.4. The largest absolute Gasteiger partial charge is 0.496 e. The van der Waals surface area contributed by atoms with Crippen LogP contribution in [0.2, 0.25) is 0 Å². The molecule has 1 fully saturated rings. The van der Waals surface area contributed by atoms with E-state index in [1.807, 2.05) is 31.2 Å². The van der Waals surface area contributed by atoms with Gasteiger partial charge in [-0.05, 0) is 30.7 Å². The van der Waals surface area contributed by atoms with E-state index in [1.165, 1.54) is 5.56 Å². The first kappa shape index (κ1) is 21.1. The van der Waals surface area contributed by atoms with Gasteiger partial charge in [0.15, 0.2) is 0 Å². The molecule has 0 unspecified atom stereocenters. The van der Waals surface area contributed by atoms with Gasteiger partial charge in [-0.15, -0.1) is 0 Å². The summed E-state index contributed by atoms with van der Waals surface area (Å²) >= 11 is 0. The lowest BCUT2D eigenvalue weighted by atomic mass is 10.1. The molecule has 0 atom stereocenters. The minimum atomic E-state index is -0.0729. The Labute approximate surface area is 174 Å². The van der Waals surface area contributed by atoms with Crippen LogP contribution in [-0.2, 0) is 11.3 Å². The van der Waals surface area contributed by atoms with Crippen molar-refractivity contribution in [3.05, 3.63) is 71.3 Å². The smallest absolute Gasteiger partial charge is 0.244 e. The first-order valence-corrected chi connectivity index (χ1v) is 10.2. The number of nitrogens with one attached hydrogen (secondary N) is 1. The van der Waals surface area contributed by atoms with E-state index < -0.39 is 0 Å². The number of aryl methyl sites for hydroxylation is 1. The summed E-state index contributed by atoms with van der Waals surface area (Å²) in [6.07, 6.45) is 3.39. The molecule has 0 saturated carbocycles. The Morgan fingerprint density at radius 1 is 1.07 bits per heavy atom. The number of amides is 1. The van der Waals surface area contributed by atoms with Crippen LogP contribution in [0.1, 0.15) is 16.7 Å². The molecule has 1 saturated heterocycles. The van der Waals surface area contributed by atoms with Crippen molar-refractivity contribution in [1.82, 2.24) is 15.1 Å². The Kier molecular flexibility index (Phi) is 7.85. The summed E-state index contributed by atoms with van der Waals surface area (Å²) in [6, 6.07) is 16.5. The summed E-state index contributed by atoms with van der Waals surface area (Å²) in [7, 11) is 1.64. The van der Waals surface area contributed by atoms with Gasteiger partial charge in [0.1, 0.15) is 5.75 Å². The Bertz CT molecular complexity index is 812. The zero-order chi connectivity index (χ0) is 20.5.